The number of aromatic nitrogens is 4. The molecule has 0 amide bonds. The first kappa shape index (κ1) is 26.5. The monoisotopic (exact) mass is 548 g/mol. The molecule has 0 spiro atoms. The van der Waals surface area contributed by atoms with E-state index in [1.165, 1.54) is 38.7 Å². The van der Waals surface area contributed by atoms with Gasteiger partial charge in [-0.1, -0.05) is 11.6 Å². The zero-order chi connectivity index (χ0) is 27.1. The second-order valence-electron chi connectivity index (χ2n) is 8.50. The second-order valence-corrected chi connectivity index (χ2v) is 12.0. The Morgan fingerprint density at radius 2 is 1.76 bits per heavy atom. The fourth-order valence-corrected chi connectivity index (χ4v) is 4.46. The molecule has 7 nitrogen and oxygen atoms in total. The number of hydrogen-bond donors (Lipinski definition) is 1. The van der Waals surface area contributed by atoms with Crippen LogP contribution in [0.4, 0.5) is 23.2 Å². The number of nitriles is 1. The van der Waals surface area contributed by atoms with Crippen molar-refractivity contribution in [1.82, 2.24) is 19.9 Å². The third-order valence-corrected chi connectivity index (χ3v) is 7.08. The van der Waals surface area contributed by atoms with E-state index in [1.807, 2.05) is 0 Å². The Morgan fingerprint density at radius 1 is 1.08 bits per heavy atom. The number of hydrogen-bond acceptors (Lipinski definition) is 7. The highest BCUT2D eigenvalue weighted by atomic mass is 35.5. The van der Waals surface area contributed by atoms with E-state index in [1.54, 1.807) is 6.07 Å². The van der Waals surface area contributed by atoms with Gasteiger partial charge in [0.05, 0.1) is 33.6 Å². The van der Waals surface area contributed by atoms with E-state index in [0.717, 1.165) is 18.2 Å². The summed E-state index contributed by atoms with van der Waals surface area (Å²) in [5.74, 6) is -1.75. The number of halogens is 5. The quantitative estimate of drug-likeness (QED) is 0.237. The van der Waals surface area contributed by atoms with Crippen molar-refractivity contribution >= 4 is 41.0 Å². The zero-order valence-corrected chi connectivity index (χ0v) is 21.3. The fourth-order valence-electron chi connectivity index (χ4n) is 3.60. The van der Waals surface area contributed by atoms with Gasteiger partial charge in [0.25, 0.3) is 6.43 Å². The lowest BCUT2D eigenvalue weighted by Gasteiger charge is -2.22. The van der Waals surface area contributed by atoms with Crippen LogP contribution in [0.5, 0.6) is 0 Å². The number of aryl methyl sites for hydroxylation is 1. The molecule has 0 aliphatic rings. The zero-order valence-electron chi connectivity index (χ0n) is 19.6. The first-order valence-electron chi connectivity index (χ1n) is 10.7. The van der Waals surface area contributed by atoms with Gasteiger partial charge in [0, 0.05) is 29.6 Å². The van der Waals surface area contributed by atoms with Crippen molar-refractivity contribution in [2.45, 2.75) is 19.4 Å². The minimum atomic E-state index is -3.12. The molecule has 3 aromatic heterocycles. The molecule has 1 aromatic carbocycles. The van der Waals surface area contributed by atoms with E-state index >= 15 is 4.39 Å². The maximum absolute atomic E-state index is 15.0. The van der Waals surface area contributed by atoms with Crippen LogP contribution in [0.15, 0.2) is 36.7 Å². The predicted molar refractivity (Wildman–Crippen MR) is 133 cm³/mol. The van der Waals surface area contributed by atoms with Crippen LogP contribution in [-0.4, -0.2) is 39.7 Å². The van der Waals surface area contributed by atoms with Gasteiger partial charge in [-0.25, -0.2) is 37.5 Å². The van der Waals surface area contributed by atoms with E-state index < -0.39 is 36.8 Å². The van der Waals surface area contributed by atoms with Crippen LogP contribution < -0.4 is 10.9 Å². The molecule has 0 radical (unpaired) electrons. The third kappa shape index (κ3) is 5.26. The van der Waals surface area contributed by atoms with Gasteiger partial charge in [0.2, 0.25) is 0 Å². The number of rotatable bonds is 6. The minimum Gasteiger partial charge on any atom is -0.370 e. The first-order chi connectivity index (χ1) is 17.4. The number of nitrogens with one attached hydrogen (secondary N) is 1. The topological polar surface area (TPSA) is 104 Å². The highest BCUT2D eigenvalue weighted by Crippen LogP contribution is 2.38. The molecule has 0 unspecified atom stereocenters. The lowest BCUT2D eigenvalue weighted by atomic mass is 10.0. The molecule has 3 heterocycles. The lowest BCUT2D eigenvalue weighted by Crippen LogP contribution is -2.21. The Balaban J connectivity index is 1.89. The highest BCUT2D eigenvalue weighted by molar-refractivity contribution is 7.69. The summed E-state index contributed by atoms with van der Waals surface area (Å²) in [7, 11) is -2.76. The van der Waals surface area contributed by atoms with Crippen molar-refractivity contribution in [3.63, 3.8) is 0 Å². The summed E-state index contributed by atoms with van der Waals surface area (Å²) in [4.78, 5) is 16.5. The molecule has 37 heavy (non-hydrogen) atoms. The van der Waals surface area contributed by atoms with Gasteiger partial charge in [-0.05, 0) is 38.5 Å². The molecule has 1 N–H and O–H groups in total. The second kappa shape index (κ2) is 10.0. The Labute approximate surface area is 213 Å². The Bertz CT molecular complexity index is 1600. The molecule has 0 saturated heterocycles. The molecule has 0 fully saturated rings. The van der Waals surface area contributed by atoms with E-state index in [-0.39, 0.29) is 49.8 Å². The minimum absolute atomic E-state index is 0.00840. The highest BCUT2D eigenvalue weighted by Gasteiger charge is 2.29. The van der Waals surface area contributed by atoms with E-state index in [0.29, 0.717) is 0 Å². The van der Waals surface area contributed by atoms with Crippen LogP contribution in [0.2, 0.25) is 5.02 Å². The van der Waals surface area contributed by atoms with Gasteiger partial charge >= 0.3 is 0 Å². The van der Waals surface area contributed by atoms with Crippen molar-refractivity contribution < 1.29 is 22.1 Å². The maximum atomic E-state index is 15.0. The standard InChI is InChI=1S/C24H18ClF4N6OP/c1-11-18(25)22(35-20(23(28)29)14-6-12(8-30)4-5-15(14)26)21-17(33-11)7-16(27)19(34-21)13-9-31-24(32-10-13)37(2,3)36/h4-7,9-10,20,23H,1-3H3,(H,33,35)/t20-/m1/s1. The van der Waals surface area contributed by atoms with Crippen LogP contribution in [0.25, 0.3) is 22.3 Å². The molecule has 13 heteroatoms. The molecule has 4 aromatic rings. The van der Waals surface area contributed by atoms with E-state index in [4.69, 9.17) is 16.9 Å². The number of anilines is 1. The van der Waals surface area contributed by atoms with Crippen LogP contribution >= 0.6 is 18.7 Å². The first-order valence-corrected chi connectivity index (χ1v) is 13.7. The SMILES string of the molecule is Cc1nc2cc(F)c(-c3cnc(P(C)(C)=O)nc3)nc2c(N[C@H](c2cc(C#N)ccc2F)C(F)F)c1Cl. The van der Waals surface area contributed by atoms with Crippen molar-refractivity contribution in [1.29, 1.82) is 5.26 Å². The summed E-state index contributed by atoms with van der Waals surface area (Å²) in [5, 5.41) is 11.6. The number of fused-ring (bicyclic) bond motifs is 1. The summed E-state index contributed by atoms with van der Waals surface area (Å²) in [6.45, 7) is 4.46. The smallest absolute Gasteiger partial charge is 0.262 e. The fraction of sp³-hybridized carbons (Fsp3) is 0.208. The van der Waals surface area contributed by atoms with Gasteiger partial charge in [-0.15, -0.1) is 0 Å². The normalized spacial score (nSPS) is 12.5. The van der Waals surface area contributed by atoms with Gasteiger partial charge in [-0.2, -0.15) is 5.26 Å². The lowest BCUT2D eigenvalue weighted by molar-refractivity contribution is 0.123. The number of nitrogens with zero attached hydrogens (tertiary/aromatic N) is 5. The molecule has 0 aliphatic heterocycles. The molecule has 0 saturated carbocycles. The van der Waals surface area contributed by atoms with Gasteiger partial charge in [0.15, 0.2) is 11.4 Å². The van der Waals surface area contributed by atoms with Gasteiger partial charge in [-0.3, -0.25) is 0 Å². The third-order valence-electron chi connectivity index (χ3n) is 5.42. The Hall–Kier alpha value is -3.61. The van der Waals surface area contributed by atoms with Gasteiger partial charge in [0.1, 0.15) is 30.2 Å². The number of alkyl halides is 2. The van der Waals surface area contributed by atoms with Crippen LogP contribution in [0.3, 0.4) is 0 Å². The summed E-state index contributed by atoms with van der Waals surface area (Å²) in [6, 6.07) is 4.03. The molecule has 0 aliphatic carbocycles. The molecule has 1 atom stereocenters. The average Bonchev–Trinajstić information content (AvgIpc) is 2.84. The molecule has 4 rings (SSSR count). The van der Waals surface area contributed by atoms with Crippen LogP contribution in [0.1, 0.15) is 22.9 Å². The Kier molecular flexibility index (Phi) is 7.18. The molecular weight excluding hydrogens is 531 g/mol. The predicted octanol–water partition coefficient (Wildman–Crippen LogP) is 5.86. The van der Waals surface area contributed by atoms with Crippen LogP contribution in [0, 0.1) is 29.9 Å². The van der Waals surface area contributed by atoms with Crippen LogP contribution in [-0.2, 0) is 4.57 Å². The largest absolute Gasteiger partial charge is 0.370 e. The van der Waals surface area contributed by atoms with Crippen molar-refractivity contribution in [3.05, 3.63) is 70.1 Å². The summed E-state index contributed by atoms with van der Waals surface area (Å²) < 4.78 is 70.1. The van der Waals surface area contributed by atoms with Crippen molar-refractivity contribution in [2.75, 3.05) is 18.6 Å². The maximum Gasteiger partial charge on any atom is 0.262 e. The molecular formula is C24H18ClF4N6OP. The summed E-state index contributed by atoms with van der Waals surface area (Å²) in [5.41, 5.74) is -0.441. The van der Waals surface area contributed by atoms with E-state index in [2.05, 4.69) is 25.3 Å². The van der Waals surface area contributed by atoms with E-state index in [9.17, 15) is 17.7 Å². The van der Waals surface area contributed by atoms with Gasteiger partial charge < -0.3 is 9.88 Å². The number of benzene rings is 1. The average molecular weight is 549 g/mol. The number of pyridine rings is 2. The molecule has 190 valence electrons. The molecule has 0 bridgehead atoms. The van der Waals surface area contributed by atoms with Crippen molar-refractivity contribution in [2.24, 2.45) is 0 Å². The van der Waals surface area contributed by atoms with Crippen molar-refractivity contribution in [3.8, 4) is 17.3 Å². The Morgan fingerprint density at radius 3 is 2.35 bits per heavy atom. The summed E-state index contributed by atoms with van der Waals surface area (Å²) >= 11 is 6.41. The summed E-state index contributed by atoms with van der Waals surface area (Å²) in [6.07, 6.45) is -0.622.